The molecule has 1 atom stereocenters. The molecule has 2 rings (SSSR count). The number of anilines is 1. The summed E-state index contributed by atoms with van der Waals surface area (Å²) in [5.41, 5.74) is 1.12. The second-order valence-electron chi connectivity index (χ2n) is 5.80. The number of rotatable bonds is 4. The van der Waals surface area contributed by atoms with E-state index in [1.54, 1.807) is 0 Å². The standard InChI is InChI=1S/C14H26N4/c1-11(2)8-18-9-12(3)16-14(18)17-7-5-6-13(10-17)15-4/h9,11,13,15H,5-8,10H2,1-4H3. The van der Waals surface area contributed by atoms with Crippen LogP contribution in [0.1, 0.15) is 32.4 Å². The first kappa shape index (κ1) is 13.4. The highest BCUT2D eigenvalue weighted by Crippen LogP contribution is 2.20. The van der Waals surface area contributed by atoms with E-state index in [-0.39, 0.29) is 0 Å². The molecule has 0 spiro atoms. The number of hydrogen-bond donors (Lipinski definition) is 1. The summed E-state index contributed by atoms with van der Waals surface area (Å²) in [6.07, 6.45) is 4.70. The molecule has 1 unspecified atom stereocenters. The van der Waals surface area contributed by atoms with Crippen LogP contribution in [0.5, 0.6) is 0 Å². The van der Waals surface area contributed by atoms with E-state index in [2.05, 4.69) is 48.8 Å². The van der Waals surface area contributed by atoms with Gasteiger partial charge in [-0.25, -0.2) is 4.98 Å². The summed E-state index contributed by atoms with van der Waals surface area (Å²) >= 11 is 0. The van der Waals surface area contributed by atoms with Gasteiger partial charge in [-0.1, -0.05) is 13.8 Å². The highest BCUT2D eigenvalue weighted by atomic mass is 15.3. The minimum absolute atomic E-state index is 0.600. The Hall–Kier alpha value is -1.03. The number of likely N-dealkylation sites (N-methyl/N-ethyl adjacent to an activating group) is 1. The lowest BCUT2D eigenvalue weighted by Crippen LogP contribution is -2.45. The van der Waals surface area contributed by atoms with E-state index < -0.39 is 0 Å². The van der Waals surface area contributed by atoms with Gasteiger partial charge < -0.3 is 14.8 Å². The maximum absolute atomic E-state index is 4.72. The maximum atomic E-state index is 4.72. The lowest BCUT2D eigenvalue weighted by molar-refractivity contribution is 0.435. The van der Waals surface area contributed by atoms with Crippen molar-refractivity contribution in [1.29, 1.82) is 0 Å². The van der Waals surface area contributed by atoms with Gasteiger partial charge in [0.25, 0.3) is 0 Å². The van der Waals surface area contributed by atoms with Gasteiger partial charge in [-0.3, -0.25) is 0 Å². The van der Waals surface area contributed by atoms with Gasteiger partial charge in [0.2, 0.25) is 5.95 Å². The second kappa shape index (κ2) is 5.74. The third-order valence-electron chi connectivity index (χ3n) is 3.55. The molecule has 0 aliphatic carbocycles. The van der Waals surface area contributed by atoms with Crippen molar-refractivity contribution in [2.45, 2.75) is 46.2 Å². The van der Waals surface area contributed by atoms with E-state index in [9.17, 15) is 0 Å². The summed E-state index contributed by atoms with van der Waals surface area (Å²) < 4.78 is 2.32. The van der Waals surface area contributed by atoms with Crippen molar-refractivity contribution in [1.82, 2.24) is 14.9 Å². The third kappa shape index (κ3) is 3.05. The molecule has 1 N–H and O–H groups in total. The van der Waals surface area contributed by atoms with E-state index in [4.69, 9.17) is 4.98 Å². The van der Waals surface area contributed by atoms with Crippen LogP contribution in [0.15, 0.2) is 6.20 Å². The zero-order chi connectivity index (χ0) is 13.1. The van der Waals surface area contributed by atoms with Crippen LogP contribution in [0, 0.1) is 12.8 Å². The third-order valence-corrected chi connectivity index (χ3v) is 3.55. The molecule has 0 radical (unpaired) electrons. The quantitative estimate of drug-likeness (QED) is 0.887. The molecule has 0 aromatic carbocycles. The topological polar surface area (TPSA) is 33.1 Å². The molecule has 4 nitrogen and oxygen atoms in total. The Balaban J connectivity index is 2.15. The molecular weight excluding hydrogens is 224 g/mol. The van der Waals surface area contributed by atoms with Crippen LogP contribution in [0.25, 0.3) is 0 Å². The Bertz CT molecular complexity index is 383. The Morgan fingerprint density at radius 1 is 1.50 bits per heavy atom. The van der Waals surface area contributed by atoms with Crippen LogP contribution in [0.4, 0.5) is 5.95 Å². The lowest BCUT2D eigenvalue weighted by Gasteiger charge is -2.33. The molecule has 102 valence electrons. The summed E-state index contributed by atoms with van der Waals surface area (Å²) in [5.74, 6) is 1.81. The molecule has 1 aromatic heterocycles. The number of piperidine rings is 1. The summed E-state index contributed by atoms with van der Waals surface area (Å²) in [7, 11) is 2.06. The fourth-order valence-electron chi connectivity index (χ4n) is 2.71. The SMILES string of the molecule is CNC1CCCN(c2nc(C)cn2CC(C)C)C1. The first-order chi connectivity index (χ1) is 8.60. The normalized spacial score (nSPS) is 20.7. The molecule has 4 heteroatoms. The van der Waals surface area contributed by atoms with E-state index in [0.29, 0.717) is 12.0 Å². The molecular formula is C14H26N4. The predicted molar refractivity (Wildman–Crippen MR) is 76.1 cm³/mol. The van der Waals surface area contributed by atoms with Crippen LogP contribution in [0.3, 0.4) is 0 Å². The Morgan fingerprint density at radius 3 is 2.94 bits per heavy atom. The fraction of sp³-hybridized carbons (Fsp3) is 0.786. The van der Waals surface area contributed by atoms with Gasteiger partial charge >= 0.3 is 0 Å². The highest BCUT2D eigenvalue weighted by molar-refractivity contribution is 5.34. The summed E-state index contributed by atoms with van der Waals surface area (Å²) in [4.78, 5) is 7.15. The maximum Gasteiger partial charge on any atom is 0.205 e. The van der Waals surface area contributed by atoms with Gasteiger partial charge in [0.15, 0.2) is 0 Å². The van der Waals surface area contributed by atoms with Gasteiger partial charge in [-0.15, -0.1) is 0 Å². The number of aromatic nitrogens is 2. The van der Waals surface area contributed by atoms with E-state index in [1.165, 1.54) is 12.8 Å². The van der Waals surface area contributed by atoms with Crippen LogP contribution in [0.2, 0.25) is 0 Å². The van der Waals surface area contributed by atoms with E-state index in [1.807, 2.05) is 0 Å². The molecule has 0 saturated carbocycles. The molecule has 1 fully saturated rings. The van der Waals surface area contributed by atoms with Crippen molar-refractivity contribution < 1.29 is 0 Å². The number of hydrogen-bond acceptors (Lipinski definition) is 3. The number of nitrogens with zero attached hydrogens (tertiary/aromatic N) is 3. The Labute approximate surface area is 110 Å². The van der Waals surface area contributed by atoms with Crippen LogP contribution < -0.4 is 10.2 Å². The Kier molecular flexibility index (Phi) is 4.27. The summed E-state index contributed by atoms with van der Waals surface area (Å²) in [5, 5.41) is 3.39. The average molecular weight is 250 g/mol. The molecule has 0 amide bonds. The van der Waals surface area contributed by atoms with Crippen molar-refractivity contribution in [3.05, 3.63) is 11.9 Å². The largest absolute Gasteiger partial charge is 0.341 e. The number of nitrogens with one attached hydrogen (secondary N) is 1. The predicted octanol–water partition coefficient (Wildman–Crippen LogP) is 2.04. The van der Waals surface area contributed by atoms with Crippen molar-refractivity contribution in [3.8, 4) is 0 Å². The molecule has 18 heavy (non-hydrogen) atoms. The first-order valence-electron chi connectivity index (χ1n) is 7.06. The number of imidazole rings is 1. The first-order valence-corrected chi connectivity index (χ1v) is 7.06. The van der Waals surface area contributed by atoms with Gasteiger partial charge in [-0.05, 0) is 32.7 Å². The molecule has 1 aromatic rings. The van der Waals surface area contributed by atoms with Gasteiger partial charge in [0.05, 0.1) is 5.69 Å². The van der Waals surface area contributed by atoms with Crippen molar-refractivity contribution >= 4 is 5.95 Å². The van der Waals surface area contributed by atoms with Crippen molar-refractivity contribution in [2.75, 3.05) is 25.0 Å². The van der Waals surface area contributed by atoms with Gasteiger partial charge in [-0.2, -0.15) is 0 Å². The monoisotopic (exact) mass is 250 g/mol. The molecule has 1 saturated heterocycles. The summed E-state index contributed by atoms with van der Waals surface area (Å²) in [6.45, 7) is 9.85. The minimum Gasteiger partial charge on any atom is -0.341 e. The minimum atomic E-state index is 0.600. The van der Waals surface area contributed by atoms with Gasteiger partial charge in [0, 0.05) is 31.9 Å². The zero-order valence-corrected chi connectivity index (χ0v) is 12.1. The summed E-state index contributed by atoms with van der Waals surface area (Å²) in [6, 6.07) is 0.600. The van der Waals surface area contributed by atoms with E-state index in [0.717, 1.165) is 31.3 Å². The fourth-order valence-corrected chi connectivity index (χ4v) is 2.71. The second-order valence-corrected chi connectivity index (χ2v) is 5.80. The van der Waals surface area contributed by atoms with Crippen LogP contribution in [-0.2, 0) is 6.54 Å². The lowest BCUT2D eigenvalue weighted by atomic mass is 10.1. The van der Waals surface area contributed by atoms with Crippen LogP contribution in [-0.4, -0.2) is 35.7 Å². The number of aryl methyl sites for hydroxylation is 1. The molecule has 2 heterocycles. The molecule has 1 aliphatic heterocycles. The highest BCUT2D eigenvalue weighted by Gasteiger charge is 2.22. The molecule has 0 bridgehead atoms. The average Bonchev–Trinajstić information content (AvgIpc) is 2.69. The zero-order valence-electron chi connectivity index (χ0n) is 12.1. The van der Waals surface area contributed by atoms with Crippen molar-refractivity contribution in [3.63, 3.8) is 0 Å². The molecule has 1 aliphatic rings. The van der Waals surface area contributed by atoms with Crippen LogP contribution >= 0.6 is 0 Å². The smallest absolute Gasteiger partial charge is 0.205 e. The van der Waals surface area contributed by atoms with Gasteiger partial charge in [0.1, 0.15) is 0 Å². The van der Waals surface area contributed by atoms with E-state index >= 15 is 0 Å². The van der Waals surface area contributed by atoms with Crippen molar-refractivity contribution in [2.24, 2.45) is 5.92 Å². The Morgan fingerprint density at radius 2 is 2.28 bits per heavy atom.